The molecule has 0 aliphatic carbocycles. The highest BCUT2D eigenvalue weighted by molar-refractivity contribution is 14.0. The van der Waals surface area contributed by atoms with Crippen molar-refractivity contribution < 1.29 is 27.4 Å². The van der Waals surface area contributed by atoms with Crippen LogP contribution in [0.2, 0.25) is 0 Å². The normalized spacial score (nSPS) is 11.4. The first-order chi connectivity index (χ1) is 12.8. The molecule has 28 heavy (non-hydrogen) atoms. The van der Waals surface area contributed by atoms with E-state index in [1.807, 2.05) is 6.07 Å². The van der Waals surface area contributed by atoms with E-state index in [1.54, 1.807) is 26.4 Å². The Morgan fingerprint density at radius 2 is 1.61 bits per heavy atom. The summed E-state index contributed by atoms with van der Waals surface area (Å²) in [6.45, 7) is 0.644. The van der Waals surface area contributed by atoms with Crippen LogP contribution >= 0.6 is 24.0 Å². The van der Waals surface area contributed by atoms with Crippen molar-refractivity contribution in [2.45, 2.75) is 19.5 Å². The number of hydrogen-bond acceptors (Lipinski definition) is 4. The molecule has 0 aliphatic heterocycles. The molecule has 0 aliphatic rings. The van der Waals surface area contributed by atoms with E-state index in [0.29, 0.717) is 24.6 Å². The van der Waals surface area contributed by atoms with Crippen molar-refractivity contribution in [3.8, 4) is 17.2 Å². The van der Waals surface area contributed by atoms with Gasteiger partial charge < -0.3 is 25.3 Å². The SMILES string of the molecule is COc1ccc(CN=C(N)NCc2ccc(OC(F)(F)F)cc2)cc1OC.I. The Bertz CT molecular complexity index is 784. The standard InChI is InChI=1S/C18H20F3N3O3.HI/c1-25-15-8-5-13(9-16(15)26-2)11-24-17(22)23-10-12-3-6-14(7-4-12)27-18(19,20)21;/h3-9H,10-11H2,1-2H3,(H3,22,23,24);1H. The molecule has 2 aromatic rings. The van der Waals surface area contributed by atoms with Crippen molar-refractivity contribution >= 4 is 29.9 Å². The van der Waals surface area contributed by atoms with Crippen molar-refractivity contribution in [3.05, 3.63) is 53.6 Å². The minimum Gasteiger partial charge on any atom is -0.493 e. The molecule has 0 radical (unpaired) electrons. The largest absolute Gasteiger partial charge is 0.573 e. The molecular weight excluding hydrogens is 490 g/mol. The van der Waals surface area contributed by atoms with Crippen LogP contribution in [0, 0.1) is 0 Å². The second-order valence-corrected chi connectivity index (χ2v) is 5.44. The maximum atomic E-state index is 12.1. The number of guanidine groups is 1. The molecule has 0 aromatic heterocycles. The number of methoxy groups -OCH3 is 2. The Kier molecular flexibility index (Phi) is 9.16. The average molecular weight is 511 g/mol. The molecule has 2 rings (SSSR count). The molecule has 2 aromatic carbocycles. The Balaban J connectivity index is 0.00000392. The number of nitrogens with two attached hydrogens (primary N) is 1. The number of nitrogens with zero attached hydrogens (tertiary/aromatic N) is 1. The van der Waals surface area contributed by atoms with Crippen molar-refractivity contribution in [2.75, 3.05) is 14.2 Å². The lowest BCUT2D eigenvalue weighted by Gasteiger charge is -2.10. The highest BCUT2D eigenvalue weighted by atomic mass is 127. The van der Waals surface area contributed by atoms with Gasteiger partial charge >= 0.3 is 6.36 Å². The van der Waals surface area contributed by atoms with E-state index in [9.17, 15) is 13.2 Å². The van der Waals surface area contributed by atoms with Crippen molar-refractivity contribution in [1.29, 1.82) is 0 Å². The minimum atomic E-state index is -4.71. The first kappa shape index (κ1) is 23.7. The van der Waals surface area contributed by atoms with Gasteiger partial charge in [-0.3, -0.25) is 0 Å². The van der Waals surface area contributed by atoms with Crippen molar-refractivity contribution in [3.63, 3.8) is 0 Å². The number of aliphatic imine (C=N–C) groups is 1. The van der Waals surface area contributed by atoms with Gasteiger partial charge in [0.2, 0.25) is 0 Å². The quantitative estimate of drug-likeness (QED) is 0.336. The van der Waals surface area contributed by atoms with Gasteiger partial charge in [-0.05, 0) is 35.4 Å². The molecule has 0 unspecified atom stereocenters. The van der Waals surface area contributed by atoms with E-state index in [2.05, 4.69) is 15.0 Å². The third kappa shape index (κ3) is 7.71. The van der Waals surface area contributed by atoms with E-state index in [-0.39, 0.29) is 35.7 Å². The fraction of sp³-hybridized carbons (Fsp3) is 0.278. The highest BCUT2D eigenvalue weighted by Gasteiger charge is 2.30. The van der Waals surface area contributed by atoms with Crippen molar-refractivity contribution in [1.82, 2.24) is 5.32 Å². The molecule has 3 N–H and O–H groups in total. The summed E-state index contributed by atoms with van der Waals surface area (Å²) in [4.78, 5) is 4.22. The maximum Gasteiger partial charge on any atom is 0.573 e. The monoisotopic (exact) mass is 511 g/mol. The third-order valence-corrected chi connectivity index (χ3v) is 3.51. The fourth-order valence-corrected chi connectivity index (χ4v) is 2.21. The van der Waals surface area contributed by atoms with Crippen LogP contribution in [0.4, 0.5) is 13.2 Å². The van der Waals surface area contributed by atoms with Gasteiger partial charge in [-0.15, -0.1) is 37.1 Å². The summed E-state index contributed by atoms with van der Waals surface area (Å²) in [5.74, 6) is 1.15. The summed E-state index contributed by atoms with van der Waals surface area (Å²) in [6, 6.07) is 10.9. The van der Waals surface area contributed by atoms with Gasteiger partial charge in [-0.1, -0.05) is 18.2 Å². The molecule has 0 bridgehead atoms. The van der Waals surface area contributed by atoms with Crippen LogP contribution in [0.15, 0.2) is 47.5 Å². The summed E-state index contributed by atoms with van der Waals surface area (Å²) >= 11 is 0. The number of halogens is 4. The number of hydrogen-bond donors (Lipinski definition) is 2. The van der Waals surface area contributed by atoms with E-state index in [4.69, 9.17) is 15.2 Å². The predicted molar refractivity (Wildman–Crippen MR) is 110 cm³/mol. The summed E-state index contributed by atoms with van der Waals surface area (Å²) in [7, 11) is 3.10. The second kappa shape index (κ2) is 10.8. The van der Waals surface area contributed by atoms with Crippen molar-refractivity contribution in [2.24, 2.45) is 10.7 Å². The lowest BCUT2D eigenvalue weighted by molar-refractivity contribution is -0.274. The molecule has 0 saturated heterocycles. The molecule has 0 heterocycles. The fourth-order valence-electron chi connectivity index (χ4n) is 2.21. The third-order valence-electron chi connectivity index (χ3n) is 3.51. The smallest absolute Gasteiger partial charge is 0.493 e. The van der Waals surface area contributed by atoms with E-state index in [1.165, 1.54) is 24.3 Å². The van der Waals surface area contributed by atoms with Crippen LogP contribution in [0.5, 0.6) is 17.2 Å². The number of benzene rings is 2. The Hall–Kier alpha value is -2.37. The average Bonchev–Trinajstić information content (AvgIpc) is 2.64. The summed E-state index contributed by atoms with van der Waals surface area (Å²) in [5, 5.41) is 2.90. The number of alkyl halides is 3. The number of ether oxygens (including phenoxy) is 3. The molecule has 0 atom stereocenters. The molecular formula is C18H21F3IN3O3. The van der Waals surface area contributed by atoms with Gasteiger partial charge in [-0.2, -0.15) is 0 Å². The topological polar surface area (TPSA) is 78.1 Å². The summed E-state index contributed by atoms with van der Waals surface area (Å²) in [6.07, 6.45) is -4.71. The van der Waals surface area contributed by atoms with Crippen LogP contribution in [-0.2, 0) is 13.1 Å². The minimum absolute atomic E-state index is 0. The highest BCUT2D eigenvalue weighted by Crippen LogP contribution is 2.27. The van der Waals surface area contributed by atoms with Gasteiger partial charge in [0.1, 0.15) is 5.75 Å². The Morgan fingerprint density at radius 3 is 2.18 bits per heavy atom. The maximum absolute atomic E-state index is 12.1. The van der Waals surface area contributed by atoms with E-state index < -0.39 is 6.36 Å². The second-order valence-electron chi connectivity index (χ2n) is 5.44. The molecule has 6 nitrogen and oxygen atoms in total. The van der Waals surface area contributed by atoms with Crippen LogP contribution in [0.25, 0.3) is 0 Å². The van der Waals surface area contributed by atoms with Gasteiger partial charge in [-0.25, -0.2) is 4.99 Å². The van der Waals surface area contributed by atoms with E-state index in [0.717, 1.165) is 11.1 Å². The van der Waals surface area contributed by atoms with Crippen LogP contribution in [0.1, 0.15) is 11.1 Å². The first-order valence-electron chi connectivity index (χ1n) is 7.90. The van der Waals surface area contributed by atoms with Crippen LogP contribution < -0.4 is 25.3 Å². The molecule has 0 spiro atoms. The number of rotatable bonds is 7. The Labute approximate surface area is 177 Å². The van der Waals surface area contributed by atoms with Crippen LogP contribution in [0.3, 0.4) is 0 Å². The van der Waals surface area contributed by atoms with Gasteiger partial charge in [0.05, 0.1) is 20.8 Å². The lowest BCUT2D eigenvalue weighted by Crippen LogP contribution is -2.31. The van der Waals surface area contributed by atoms with Gasteiger partial charge in [0.15, 0.2) is 17.5 Å². The summed E-state index contributed by atoms with van der Waals surface area (Å²) < 4.78 is 50.6. The van der Waals surface area contributed by atoms with Crippen LogP contribution in [-0.4, -0.2) is 26.5 Å². The molecule has 0 amide bonds. The molecule has 154 valence electrons. The Morgan fingerprint density at radius 1 is 1.00 bits per heavy atom. The number of nitrogens with one attached hydrogen (secondary N) is 1. The molecule has 10 heteroatoms. The van der Waals surface area contributed by atoms with Gasteiger partial charge in [0, 0.05) is 6.54 Å². The predicted octanol–water partition coefficient (Wildman–Crippen LogP) is 3.82. The summed E-state index contributed by atoms with van der Waals surface area (Å²) in [5.41, 5.74) is 7.43. The zero-order chi connectivity index (χ0) is 19.9. The lowest BCUT2D eigenvalue weighted by atomic mass is 10.2. The van der Waals surface area contributed by atoms with Gasteiger partial charge in [0.25, 0.3) is 0 Å². The zero-order valence-corrected chi connectivity index (χ0v) is 17.6. The first-order valence-corrected chi connectivity index (χ1v) is 7.90. The van der Waals surface area contributed by atoms with E-state index >= 15 is 0 Å². The molecule has 0 saturated carbocycles. The molecule has 0 fully saturated rings. The zero-order valence-electron chi connectivity index (χ0n) is 15.2.